The molecule has 0 bridgehead atoms. The molecule has 1 rings (SSSR count). The van der Waals surface area contributed by atoms with Crippen molar-refractivity contribution in [3.63, 3.8) is 0 Å². The number of amides is 2. The molecule has 1 heterocycles. The van der Waals surface area contributed by atoms with Gasteiger partial charge in [-0.05, 0) is 63.5 Å². The molecule has 0 radical (unpaired) electrons. The summed E-state index contributed by atoms with van der Waals surface area (Å²) in [4.78, 5) is 24.6. The first-order chi connectivity index (χ1) is 14.2. The molecule has 0 fully saturated rings. The molecule has 0 atom stereocenters. The number of nitrogens with one attached hydrogen (secondary N) is 2. The van der Waals surface area contributed by atoms with E-state index in [-0.39, 0.29) is 41.6 Å². The molecule has 0 aliphatic carbocycles. The summed E-state index contributed by atoms with van der Waals surface area (Å²) in [6, 6.07) is 5.72. The van der Waals surface area contributed by atoms with E-state index in [0.29, 0.717) is 0 Å². The number of nitrogens with zero attached hydrogens (tertiary/aromatic N) is 1. The minimum Gasteiger partial charge on any atom is -0.693 e. The Kier molecular flexibility index (Phi) is 29.2. The number of carbonyl (C=O) groups is 2. The Morgan fingerprint density at radius 1 is 0.714 bits per heavy atom. The summed E-state index contributed by atoms with van der Waals surface area (Å²) < 4.78 is 0. The fourth-order valence-electron chi connectivity index (χ4n) is 3.63. The molecule has 2 amide bonds. The molecule has 1 aromatic rings. The van der Waals surface area contributed by atoms with Crippen LogP contribution in [0, 0.1) is 10.8 Å². The number of nitrogens with two attached hydrogens (primary N) is 2. The third-order valence-electron chi connectivity index (χ3n) is 3.40. The average Bonchev–Trinajstić information content (AvgIpc) is 2.52. The predicted octanol–water partition coefficient (Wildman–Crippen LogP) is 8.78. The van der Waals surface area contributed by atoms with Gasteiger partial charge in [0.1, 0.15) is 0 Å². The van der Waals surface area contributed by atoms with Crippen LogP contribution in [0.15, 0.2) is 30.6 Å². The second kappa shape index (κ2) is 21.8. The topological polar surface area (TPSA) is 179 Å². The second-order valence-electron chi connectivity index (χ2n) is 11.1. The molecule has 215 valence electrons. The zero-order chi connectivity index (χ0) is 26.2. The van der Waals surface area contributed by atoms with Crippen LogP contribution in [0.25, 0.3) is 12.3 Å². The molecule has 0 saturated heterocycles. The first-order valence-electron chi connectivity index (χ1n) is 10.2. The maximum absolute atomic E-state index is 10.4. The zero-order valence-corrected chi connectivity index (χ0v) is 25.3. The minimum absolute atomic E-state index is 0. The number of hydrogen-bond acceptors (Lipinski definition) is 3. The van der Waals surface area contributed by atoms with Crippen LogP contribution in [0.4, 0.5) is 9.59 Å². The van der Waals surface area contributed by atoms with E-state index in [1.165, 1.54) is 0 Å². The number of aromatic nitrogens is 1. The molecule has 8 N–H and O–H groups in total. The van der Waals surface area contributed by atoms with Gasteiger partial charge in [-0.15, -0.1) is 0 Å². The smallest absolute Gasteiger partial charge is 0.0267 e. The van der Waals surface area contributed by atoms with Gasteiger partial charge in [0.15, 0.2) is 0 Å². The van der Waals surface area contributed by atoms with Crippen molar-refractivity contribution in [1.82, 2.24) is 15.6 Å². The van der Waals surface area contributed by atoms with E-state index in [9.17, 15) is 9.59 Å². The minimum atomic E-state index is -0.954. The Bertz CT molecular complexity index is 568. The Hall–Kier alpha value is -1.41. The van der Waals surface area contributed by atoms with E-state index in [4.69, 9.17) is 10.2 Å². The van der Waals surface area contributed by atoms with Crippen molar-refractivity contribution >= 4 is 21.6 Å². The van der Waals surface area contributed by atoms with Gasteiger partial charge in [0.05, 0.1) is 0 Å². The maximum Gasteiger partial charge on any atom is 0.0267 e. The summed E-state index contributed by atoms with van der Waals surface area (Å²) in [7, 11) is 4.61. The molecule has 0 spiro atoms. The molecule has 1 aromatic heterocycles. The number of carboxylic acid groups (broad SMARTS) is 2. The van der Waals surface area contributed by atoms with Crippen LogP contribution < -0.4 is 10.6 Å². The van der Waals surface area contributed by atoms with Gasteiger partial charge in [-0.25, -0.2) is 9.59 Å². The quantitative estimate of drug-likeness (QED) is 0.244. The van der Waals surface area contributed by atoms with E-state index in [0.717, 1.165) is 12.8 Å². The van der Waals surface area contributed by atoms with Crippen molar-refractivity contribution in [2.45, 2.75) is 101 Å². The molecule has 11 heteroatoms. The second-order valence-corrected chi connectivity index (χ2v) is 11.1. The largest absolute Gasteiger partial charge is 0.693 e. The summed E-state index contributed by atoms with van der Waals surface area (Å²) in [5, 5.41) is 22.1. The third kappa shape index (κ3) is 43.1. The Morgan fingerprint density at radius 3 is 1.09 bits per heavy atom. The standard InChI is InChI=1S/2C9H19NO2.C5H5N.CH4.ClH.2H2N.Pt/c2*1-8(2,3)6-9(4,5)10-7(11)12;1-2-4-6-5-3-1;;;;;/h2*10H,6H2,1-5H3,(H,11,12);1-5H;1H4;1H;2*1H2;/q;;;;;2*-1;+1/p-1. The van der Waals surface area contributed by atoms with Crippen LogP contribution in [0.1, 0.15) is 89.5 Å². The number of hydrogen-bond donors (Lipinski definition) is 4. The van der Waals surface area contributed by atoms with Gasteiger partial charge < -0.3 is 33.1 Å². The summed E-state index contributed by atoms with van der Waals surface area (Å²) in [5.74, 6) is 0. The van der Waals surface area contributed by atoms with Crippen LogP contribution in [0.2, 0.25) is 0 Å². The van der Waals surface area contributed by atoms with Crippen molar-refractivity contribution < 1.29 is 38.6 Å². The molecular formula is C24H51ClN5O4Pt-2. The Morgan fingerprint density at radius 2 is 0.971 bits per heavy atom. The first-order valence-corrected chi connectivity index (χ1v) is 13.1. The van der Waals surface area contributed by atoms with Crippen molar-refractivity contribution in [1.29, 1.82) is 0 Å². The normalized spacial score (nSPS) is 10.3. The zero-order valence-electron chi connectivity index (χ0n) is 22.3. The summed E-state index contributed by atoms with van der Waals surface area (Å²) in [5.41, 5.74) is -0.397. The van der Waals surface area contributed by atoms with E-state index in [1.807, 2.05) is 45.9 Å². The summed E-state index contributed by atoms with van der Waals surface area (Å²) in [6.45, 7) is 20.2. The third-order valence-corrected chi connectivity index (χ3v) is 3.40. The van der Waals surface area contributed by atoms with Crippen molar-refractivity contribution in [2.75, 3.05) is 0 Å². The fourth-order valence-corrected chi connectivity index (χ4v) is 3.63. The molecular weight excluding hydrogens is 653 g/mol. The molecule has 0 saturated carbocycles. The van der Waals surface area contributed by atoms with Crippen LogP contribution in [0.5, 0.6) is 0 Å². The van der Waals surface area contributed by atoms with Crippen molar-refractivity contribution in [3.05, 3.63) is 42.9 Å². The maximum atomic E-state index is 10.4. The average molecular weight is 704 g/mol. The molecule has 0 unspecified atom stereocenters. The van der Waals surface area contributed by atoms with Gasteiger partial charge in [0.25, 0.3) is 0 Å². The predicted molar refractivity (Wildman–Crippen MR) is 146 cm³/mol. The molecule has 0 aromatic carbocycles. The molecule has 0 aliphatic rings. The Balaban J connectivity index is -0.0000000865. The van der Waals surface area contributed by atoms with Gasteiger partial charge in [0.2, 0.25) is 0 Å². The SMILES string of the molecule is C.CC(C)(C)CC(C)(C)NC(=O)O.CC(C)(C)CC(C)(C)NC(=O)O.[Cl][Pt].[NH2-].[NH2-].c1ccncc1. The summed E-state index contributed by atoms with van der Waals surface area (Å²) in [6.07, 6.45) is 3.24. The first kappa shape index (κ1) is 46.9. The van der Waals surface area contributed by atoms with E-state index in [2.05, 4.69) is 66.6 Å². The van der Waals surface area contributed by atoms with Gasteiger partial charge in [0, 0.05) is 23.5 Å². The van der Waals surface area contributed by atoms with Crippen LogP contribution in [0.3, 0.4) is 0 Å². The van der Waals surface area contributed by atoms with Crippen LogP contribution >= 0.6 is 9.42 Å². The summed E-state index contributed by atoms with van der Waals surface area (Å²) >= 11 is 1.61. The van der Waals surface area contributed by atoms with Crippen LogP contribution in [-0.2, 0) is 18.8 Å². The van der Waals surface area contributed by atoms with E-state index >= 15 is 0 Å². The number of rotatable bonds is 4. The Labute approximate surface area is 229 Å². The molecule has 0 aliphatic heterocycles. The molecule has 35 heavy (non-hydrogen) atoms. The van der Waals surface area contributed by atoms with Gasteiger partial charge >= 0.3 is 40.4 Å². The van der Waals surface area contributed by atoms with Gasteiger partial charge in [-0.1, -0.05) is 55.0 Å². The monoisotopic (exact) mass is 703 g/mol. The number of halogens is 1. The fraction of sp³-hybridized carbons (Fsp3) is 0.708. The number of pyridine rings is 1. The molecule has 9 nitrogen and oxygen atoms in total. The van der Waals surface area contributed by atoms with Gasteiger partial charge in [-0.3, -0.25) is 4.98 Å². The van der Waals surface area contributed by atoms with Crippen LogP contribution in [-0.4, -0.2) is 38.5 Å². The van der Waals surface area contributed by atoms with E-state index in [1.54, 1.807) is 31.2 Å². The van der Waals surface area contributed by atoms with Gasteiger partial charge in [-0.2, -0.15) is 0 Å². The van der Waals surface area contributed by atoms with Crippen molar-refractivity contribution in [2.24, 2.45) is 10.8 Å². The van der Waals surface area contributed by atoms with E-state index < -0.39 is 12.2 Å². The van der Waals surface area contributed by atoms with Crippen molar-refractivity contribution in [3.8, 4) is 0 Å².